The average Bonchev–Trinajstić information content (AvgIpc) is 3.20. The molecule has 1 aliphatic rings. The molecule has 2 aromatic rings. The molecule has 5 atom stereocenters. The Labute approximate surface area is 197 Å². The van der Waals surface area contributed by atoms with Crippen molar-refractivity contribution >= 4 is 40.9 Å². The van der Waals surface area contributed by atoms with Gasteiger partial charge in [-0.15, -0.1) is 0 Å². The molecule has 1 unspecified atom stereocenters. The van der Waals surface area contributed by atoms with Crippen molar-refractivity contribution < 1.29 is 38.1 Å². The molecule has 1 aliphatic heterocycles. The van der Waals surface area contributed by atoms with E-state index < -0.39 is 54.4 Å². The standard InChI is InChI=1S/C19H22N8O8/c1-8(28)23-19-21-6-11-16(24-19)27(7-22-11)17-15(34-10(3)30)13(33-9(2)29)5-12(35-17)14(25-26-20)18(31)32-4/h6-7,12-15,17H,5H2,1-4H3,(H,21,23,24,28)/t12-,13+,14+,15-,17?/m1/s1. The van der Waals surface area contributed by atoms with Crippen LogP contribution in [0.25, 0.3) is 21.6 Å². The number of ether oxygens (including phenoxy) is 4. The number of imidazole rings is 1. The summed E-state index contributed by atoms with van der Waals surface area (Å²) in [5, 5.41) is 5.93. The van der Waals surface area contributed by atoms with Gasteiger partial charge in [-0.1, -0.05) is 5.11 Å². The molecule has 0 aliphatic carbocycles. The number of carbonyl (C=O) groups excluding carboxylic acids is 4. The number of rotatable bonds is 7. The number of azide groups is 1. The summed E-state index contributed by atoms with van der Waals surface area (Å²) in [7, 11) is 1.11. The summed E-state index contributed by atoms with van der Waals surface area (Å²) < 4.78 is 23.0. The van der Waals surface area contributed by atoms with Crippen molar-refractivity contribution in [2.75, 3.05) is 12.4 Å². The number of methoxy groups -OCH3 is 1. The van der Waals surface area contributed by atoms with Gasteiger partial charge in [0.15, 0.2) is 24.0 Å². The third-order valence-corrected chi connectivity index (χ3v) is 4.89. The van der Waals surface area contributed by atoms with Gasteiger partial charge in [-0.25, -0.2) is 9.97 Å². The van der Waals surface area contributed by atoms with Crippen molar-refractivity contribution in [1.29, 1.82) is 0 Å². The lowest BCUT2D eigenvalue weighted by Gasteiger charge is -2.41. The minimum absolute atomic E-state index is 0.0267. The highest BCUT2D eigenvalue weighted by molar-refractivity contribution is 5.87. The van der Waals surface area contributed by atoms with Crippen LogP contribution in [0.1, 0.15) is 33.4 Å². The van der Waals surface area contributed by atoms with Crippen molar-refractivity contribution in [3.05, 3.63) is 23.0 Å². The molecule has 0 aromatic carbocycles. The number of aromatic nitrogens is 4. The van der Waals surface area contributed by atoms with E-state index in [2.05, 4.69) is 30.3 Å². The zero-order valence-corrected chi connectivity index (χ0v) is 19.1. The molecule has 0 bridgehead atoms. The topological polar surface area (TPSA) is 210 Å². The second-order valence-corrected chi connectivity index (χ2v) is 7.43. The van der Waals surface area contributed by atoms with Gasteiger partial charge in [0.1, 0.15) is 11.6 Å². The number of nitrogens with zero attached hydrogens (tertiary/aromatic N) is 7. The summed E-state index contributed by atoms with van der Waals surface area (Å²) >= 11 is 0. The van der Waals surface area contributed by atoms with Crippen molar-refractivity contribution in [2.24, 2.45) is 5.11 Å². The van der Waals surface area contributed by atoms with Crippen LogP contribution in [0.5, 0.6) is 0 Å². The van der Waals surface area contributed by atoms with Crippen molar-refractivity contribution in [1.82, 2.24) is 19.5 Å². The fraction of sp³-hybridized carbons (Fsp3) is 0.526. The zero-order chi connectivity index (χ0) is 25.7. The van der Waals surface area contributed by atoms with E-state index in [0.29, 0.717) is 5.52 Å². The molecule has 2 aromatic heterocycles. The number of nitrogens with one attached hydrogen (secondary N) is 1. The first kappa shape index (κ1) is 25.3. The molecule has 16 heteroatoms. The van der Waals surface area contributed by atoms with E-state index in [-0.39, 0.29) is 18.0 Å². The third kappa shape index (κ3) is 5.80. The molecular formula is C19H22N8O8. The molecule has 0 spiro atoms. The van der Waals surface area contributed by atoms with Crippen LogP contribution in [0.3, 0.4) is 0 Å². The Bertz CT molecular complexity index is 1190. The molecule has 35 heavy (non-hydrogen) atoms. The molecule has 3 heterocycles. The van der Waals surface area contributed by atoms with Crippen LogP contribution in [0.2, 0.25) is 0 Å². The summed E-state index contributed by atoms with van der Waals surface area (Å²) in [5.41, 5.74) is 9.43. The fourth-order valence-electron chi connectivity index (χ4n) is 3.62. The van der Waals surface area contributed by atoms with Crippen LogP contribution >= 0.6 is 0 Å². The molecule has 16 nitrogen and oxygen atoms in total. The van der Waals surface area contributed by atoms with Crippen molar-refractivity contribution in [3.8, 4) is 0 Å². The van der Waals surface area contributed by atoms with Crippen LogP contribution < -0.4 is 5.32 Å². The van der Waals surface area contributed by atoms with Gasteiger partial charge in [-0.05, 0) is 5.53 Å². The van der Waals surface area contributed by atoms with Gasteiger partial charge >= 0.3 is 17.9 Å². The van der Waals surface area contributed by atoms with Gasteiger partial charge in [0, 0.05) is 32.1 Å². The maximum Gasteiger partial charge on any atom is 0.317 e. The SMILES string of the molecule is COC(=O)[C@@H](N=[N+]=[N-])[C@H]1C[C@H](OC(C)=O)[C@@H](OC(C)=O)C(n2cnc3cnc(NC(C)=O)nc32)O1. The first-order valence-electron chi connectivity index (χ1n) is 10.2. The van der Waals surface area contributed by atoms with Gasteiger partial charge in [0.05, 0.1) is 25.7 Å². The molecule has 1 N–H and O–H groups in total. The fourth-order valence-corrected chi connectivity index (χ4v) is 3.62. The van der Waals surface area contributed by atoms with Gasteiger partial charge in [0.25, 0.3) is 0 Å². The molecular weight excluding hydrogens is 468 g/mol. The minimum Gasteiger partial charge on any atom is -0.469 e. The Hall–Kier alpha value is -4.30. The average molecular weight is 490 g/mol. The summed E-state index contributed by atoms with van der Waals surface area (Å²) in [4.78, 5) is 62.6. The van der Waals surface area contributed by atoms with E-state index >= 15 is 0 Å². The highest BCUT2D eigenvalue weighted by Crippen LogP contribution is 2.36. The van der Waals surface area contributed by atoms with Gasteiger partial charge in [-0.3, -0.25) is 29.1 Å². The Kier molecular flexibility index (Phi) is 7.78. The largest absolute Gasteiger partial charge is 0.469 e. The van der Waals surface area contributed by atoms with Crippen LogP contribution in [0, 0.1) is 0 Å². The van der Waals surface area contributed by atoms with E-state index in [1.165, 1.54) is 24.0 Å². The minimum atomic E-state index is -1.44. The molecule has 1 amide bonds. The van der Waals surface area contributed by atoms with Crippen LogP contribution in [0.4, 0.5) is 5.95 Å². The van der Waals surface area contributed by atoms with E-state index in [0.717, 1.165) is 21.0 Å². The zero-order valence-electron chi connectivity index (χ0n) is 19.1. The van der Waals surface area contributed by atoms with Crippen molar-refractivity contribution in [3.63, 3.8) is 0 Å². The predicted octanol–water partition coefficient (Wildman–Crippen LogP) is 0.787. The number of hydrogen-bond acceptors (Lipinski definition) is 12. The first-order valence-corrected chi connectivity index (χ1v) is 10.2. The third-order valence-electron chi connectivity index (χ3n) is 4.89. The first-order chi connectivity index (χ1) is 16.6. The maximum atomic E-state index is 12.3. The van der Waals surface area contributed by atoms with Crippen LogP contribution in [-0.2, 0) is 38.1 Å². The highest BCUT2D eigenvalue weighted by atomic mass is 16.6. The summed E-state index contributed by atoms with van der Waals surface area (Å²) in [6, 6.07) is -1.44. The lowest BCUT2D eigenvalue weighted by Crippen LogP contribution is -2.53. The number of carbonyl (C=O) groups is 4. The molecule has 0 saturated carbocycles. The second kappa shape index (κ2) is 10.8. The molecule has 1 fully saturated rings. The van der Waals surface area contributed by atoms with E-state index in [1.807, 2.05) is 0 Å². The van der Waals surface area contributed by atoms with Gasteiger partial charge < -0.3 is 18.9 Å². The number of esters is 3. The Morgan fingerprint density at radius 3 is 2.54 bits per heavy atom. The molecule has 186 valence electrons. The normalized spacial score (nSPS) is 22.4. The summed E-state index contributed by atoms with van der Waals surface area (Å²) in [6.07, 6.45) is -2.19. The van der Waals surface area contributed by atoms with E-state index in [4.69, 9.17) is 24.5 Å². The van der Waals surface area contributed by atoms with Crippen LogP contribution in [0.15, 0.2) is 17.6 Å². The van der Waals surface area contributed by atoms with Gasteiger partial charge in [0.2, 0.25) is 11.9 Å². The Balaban J connectivity index is 2.13. The maximum absolute atomic E-state index is 12.3. The lowest BCUT2D eigenvalue weighted by atomic mass is 9.96. The Morgan fingerprint density at radius 1 is 1.23 bits per heavy atom. The molecule has 1 saturated heterocycles. The number of fused-ring (bicyclic) bond motifs is 1. The second-order valence-electron chi connectivity index (χ2n) is 7.43. The number of amides is 1. The Morgan fingerprint density at radius 2 is 1.94 bits per heavy atom. The predicted molar refractivity (Wildman–Crippen MR) is 114 cm³/mol. The van der Waals surface area contributed by atoms with E-state index in [9.17, 15) is 19.2 Å². The highest BCUT2D eigenvalue weighted by Gasteiger charge is 2.48. The summed E-state index contributed by atoms with van der Waals surface area (Å²) in [5.74, 6) is -2.70. The summed E-state index contributed by atoms with van der Waals surface area (Å²) in [6.45, 7) is 3.60. The van der Waals surface area contributed by atoms with E-state index in [1.54, 1.807) is 0 Å². The number of hydrogen-bond donors (Lipinski definition) is 1. The quantitative estimate of drug-likeness (QED) is 0.188. The monoisotopic (exact) mass is 490 g/mol. The molecule has 3 rings (SSSR count). The van der Waals surface area contributed by atoms with Gasteiger partial charge in [-0.2, -0.15) is 4.98 Å². The van der Waals surface area contributed by atoms with Crippen LogP contribution in [-0.4, -0.2) is 74.8 Å². The number of anilines is 1. The lowest BCUT2D eigenvalue weighted by molar-refractivity contribution is -0.226. The molecule has 0 radical (unpaired) electrons. The van der Waals surface area contributed by atoms with Crippen molar-refractivity contribution in [2.45, 2.75) is 57.8 Å². The smallest absolute Gasteiger partial charge is 0.317 e.